The largest absolute Gasteiger partial charge is 0.358 e. The van der Waals surface area contributed by atoms with E-state index in [2.05, 4.69) is 15.4 Å². The van der Waals surface area contributed by atoms with Crippen LogP contribution in [0, 0.1) is 13.8 Å². The maximum Gasteiger partial charge on any atom is 0.261 e. The lowest BCUT2D eigenvalue weighted by molar-refractivity contribution is 0.515. The Morgan fingerprint density at radius 2 is 1.50 bits per heavy atom. The Hall–Kier alpha value is -2.12. The van der Waals surface area contributed by atoms with Gasteiger partial charge in [-0.3, -0.25) is 4.72 Å². The molecule has 0 amide bonds. The van der Waals surface area contributed by atoms with Gasteiger partial charge in [0.2, 0.25) is 0 Å². The molecule has 0 spiro atoms. The summed E-state index contributed by atoms with van der Waals surface area (Å²) in [6, 6.07) is 12.1. The van der Waals surface area contributed by atoms with Crippen molar-refractivity contribution in [3.05, 3.63) is 53.6 Å². The van der Waals surface area contributed by atoms with Crippen molar-refractivity contribution in [3.63, 3.8) is 0 Å². The molecule has 0 radical (unpaired) electrons. The summed E-state index contributed by atoms with van der Waals surface area (Å²) in [5.74, 6) is 0. The maximum atomic E-state index is 12.7. The molecule has 0 heterocycles. The summed E-state index contributed by atoms with van der Waals surface area (Å²) < 4.78 is 28.0. The van der Waals surface area contributed by atoms with Gasteiger partial charge >= 0.3 is 0 Å². The zero-order valence-electron chi connectivity index (χ0n) is 15.7. The van der Waals surface area contributed by atoms with Crippen LogP contribution in [0.25, 0.3) is 0 Å². The molecular weight excluding hydrogens is 366 g/mol. The number of hydrogen-bond acceptors (Lipinski definition) is 3. The average Bonchev–Trinajstić information content (AvgIpc) is 2.48. The van der Waals surface area contributed by atoms with Gasteiger partial charge in [0.1, 0.15) is 0 Å². The van der Waals surface area contributed by atoms with E-state index in [0.717, 1.165) is 11.1 Å². The molecule has 0 aliphatic carbocycles. The van der Waals surface area contributed by atoms with Gasteiger partial charge in [-0.15, -0.1) is 0 Å². The van der Waals surface area contributed by atoms with Crippen LogP contribution in [0.15, 0.2) is 47.4 Å². The van der Waals surface area contributed by atoms with Crippen molar-refractivity contribution in [3.8, 4) is 0 Å². The Labute approximate surface area is 161 Å². The van der Waals surface area contributed by atoms with Gasteiger partial charge in [-0.25, -0.2) is 8.42 Å². The lowest BCUT2D eigenvalue weighted by Crippen LogP contribution is -2.43. The molecule has 0 aliphatic heterocycles. The molecule has 0 saturated heterocycles. The molecule has 26 heavy (non-hydrogen) atoms. The second-order valence-electron chi connectivity index (χ2n) is 7.30. The summed E-state index contributed by atoms with van der Waals surface area (Å²) in [4.78, 5) is 0.213. The third-order valence-electron chi connectivity index (χ3n) is 3.49. The number of nitrogens with one attached hydrogen (secondary N) is 3. The van der Waals surface area contributed by atoms with E-state index in [1.54, 1.807) is 30.3 Å². The van der Waals surface area contributed by atoms with Crippen LogP contribution in [0.1, 0.15) is 31.9 Å². The molecule has 2 aromatic rings. The molecule has 0 saturated carbocycles. The molecule has 0 aliphatic rings. The number of anilines is 2. The quantitative estimate of drug-likeness (QED) is 0.682. The van der Waals surface area contributed by atoms with Crippen LogP contribution in [0.3, 0.4) is 0 Å². The molecule has 2 aromatic carbocycles. The highest BCUT2D eigenvalue weighted by atomic mass is 32.2. The Balaban J connectivity index is 2.29. The van der Waals surface area contributed by atoms with Gasteiger partial charge in [0.15, 0.2) is 5.11 Å². The van der Waals surface area contributed by atoms with Gasteiger partial charge in [-0.1, -0.05) is 23.8 Å². The van der Waals surface area contributed by atoms with E-state index in [4.69, 9.17) is 12.2 Å². The third kappa shape index (κ3) is 5.71. The van der Waals surface area contributed by atoms with Crippen molar-refractivity contribution in [2.75, 3.05) is 10.0 Å². The van der Waals surface area contributed by atoms with Crippen LogP contribution in [-0.2, 0) is 10.0 Å². The van der Waals surface area contributed by atoms with Crippen molar-refractivity contribution in [1.82, 2.24) is 5.32 Å². The van der Waals surface area contributed by atoms with E-state index in [-0.39, 0.29) is 10.4 Å². The van der Waals surface area contributed by atoms with Crippen LogP contribution in [0.5, 0.6) is 0 Å². The molecule has 0 bridgehead atoms. The smallest absolute Gasteiger partial charge is 0.261 e. The zero-order valence-corrected chi connectivity index (χ0v) is 17.3. The molecule has 0 atom stereocenters. The number of sulfonamides is 1. The van der Waals surface area contributed by atoms with Crippen LogP contribution in [0.2, 0.25) is 0 Å². The Bertz CT molecular complexity index is 899. The minimum absolute atomic E-state index is 0.199. The fourth-order valence-electron chi connectivity index (χ4n) is 2.27. The number of thiocarbonyl (C=S) groups is 1. The molecule has 0 fully saturated rings. The molecule has 7 heteroatoms. The van der Waals surface area contributed by atoms with E-state index in [1.807, 2.05) is 46.8 Å². The summed E-state index contributed by atoms with van der Waals surface area (Å²) in [6.45, 7) is 9.84. The number of benzene rings is 2. The molecule has 5 nitrogen and oxygen atoms in total. The predicted octanol–water partition coefficient (Wildman–Crippen LogP) is 4.19. The van der Waals surface area contributed by atoms with Crippen molar-refractivity contribution in [2.45, 2.75) is 45.1 Å². The summed E-state index contributed by atoms with van der Waals surface area (Å²) in [6.07, 6.45) is 0. The Morgan fingerprint density at radius 3 is 2.08 bits per heavy atom. The SMILES string of the molecule is Cc1ccc(S(=O)(=O)Nc2ccc(C)cc2NC(=S)NC(C)(C)C)cc1. The van der Waals surface area contributed by atoms with Crippen LogP contribution >= 0.6 is 12.2 Å². The highest BCUT2D eigenvalue weighted by Gasteiger charge is 2.17. The summed E-state index contributed by atoms with van der Waals surface area (Å²) in [5, 5.41) is 6.67. The van der Waals surface area contributed by atoms with Crippen LogP contribution in [0.4, 0.5) is 11.4 Å². The number of aryl methyl sites for hydroxylation is 2. The summed E-state index contributed by atoms with van der Waals surface area (Å²) in [7, 11) is -3.69. The van der Waals surface area contributed by atoms with Gasteiger partial charge in [0, 0.05) is 5.54 Å². The van der Waals surface area contributed by atoms with E-state index in [0.29, 0.717) is 16.5 Å². The van der Waals surface area contributed by atoms with Gasteiger partial charge in [-0.2, -0.15) is 0 Å². The molecule has 0 aromatic heterocycles. The van der Waals surface area contributed by atoms with Gasteiger partial charge in [0.05, 0.1) is 16.3 Å². The van der Waals surface area contributed by atoms with E-state index in [1.165, 1.54) is 0 Å². The first kappa shape index (κ1) is 20.2. The van der Waals surface area contributed by atoms with Gasteiger partial charge in [-0.05, 0) is 76.7 Å². The van der Waals surface area contributed by atoms with Crippen LogP contribution < -0.4 is 15.4 Å². The van der Waals surface area contributed by atoms with Crippen molar-refractivity contribution >= 4 is 38.7 Å². The van der Waals surface area contributed by atoms with Crippen LogP contribution in [-0.4, -0.2) is 19.1 Å². The van der Waals surface area contributed by atoms with Crippen molar-refractivity contribution in [1.29, 1.82) is 0 Å². The maximum absolute atomic E-state index is 12.7. The summed E-state index contributed by atoms with van der Waals surface area (Å²) in [5.41, 5.74) is 2.83. The molecule has 3 N–H and O–H groups in total. The molecule has 140 valence electrons. The number of rotatable bonds is 4. The zero-order chi connectivity index (χ0) is 19.5. The molecular formula is C19H25N3O2S2. The summed E-state index contributed by atoms with van der Waals surface area (Å²) >= 11 is 5.34. The third-order valence-corrected chi connectivity index (χ3v) is 5.07. The topological polar surface area (TPSA) is 70.2 Å². The lowest BCUT2D eigenvalue weighted by atomic mass is 10.1. The van der Waals surface area contributed by atoms with E-state index in [9.17, 15) is 8.42 Å². The first-order valence-corrected chi connectivity index (χ1v) is 10.1. The van der Waals surface area contributed by atoms with Gasteiger partial charge < -0.3 is 10.6 Å². The van der Waals surface area contributed by atoms with E-state index >= 15 is 0 Å². The second-order valence-corrected chi connectivity index (χ2v) is 9.39. The molecule has 2 rings (SSSR count). The Morgan fingerprint density at radius 1 is 0.923 bits per heavy atom. The monoisotopic (exact) mass is 391 g/mol. The number of hydrogen-bond donors (Lipinski definition) is 3. The standard InChI is InChI=1S/C19H25N3O2S2/c1-13-6-9-15(10-7-13)26(23,24)22-16-11-8-14(2)12-17(16)20-18(25)21-19(3,4)5/h6-12,22H,1-5H3,(H2,20,21,25). The first-order chi connectivity index (χ1) is 12.0. The highest BCUT2D eigenvalue weighted by Crippen LogP contribution is 2.26. The minimum Gasteiger partial charge on any atom is -0.358 e. The van der Waals surface area contributed by atoms with Crippen molar-refractivity contribution in [2.24, 2.45) is 0 Å². The fraction of sp³-hybridized carbons (Fsp3) is 0.316. The van der Waals surface area contributed by atoms with Crippen molar-refractivity contribution < 1.29 is 8.42 Å². The predicted molar refractivity (Wildman–Crippen MR) is 112 cm³/mol. The second kappa shape index (κ2) is 7.63. The first-order valence-electron chi connectivity index (χ1n) is 8.26. The fourth-order valence-corrected chi connectivity index (χ4v) is 3.76. The average molecular weight is 392 g/mol. The normalized spacial score (nSPS) is 11.7. The minimum atomic E-state index is -3.69. The van der Waals surface area contributed by atoms with Gasteiger partial charge in [0.25, 0.3) is 10.0 Å². The Kier molecular flexibility index (Phi) is 5.93. The lowest BCUT2D eigenvalue weighted by Gasteiger charge is -2.24. The molecule has 0 unspecified atom stereocenters. The van der Waals surface area contributed by atoms with E-state index < -0.39 is 10.0 Å². The highest BCUT2D eigenvalue weighted by molar-refractivity contribution is 7.92.